The second kappa shape index (κ2) is 16.5. The number of azide groups is 2. The van der Waals surface area contributed by atoms with Crippen molar-refractivity contribution in [2.24, 2.45) is 10.2 Å². The molecule has 2 atom stereocenters. The monoisotopic (exact) mass is 552 g/mol. The smallest absolute Gasteiger partial charge is 0.408 e. The minimum absolute atomic E-state index is 0.231. The second-order valence-corrected chi connectivity index (χ2v) is 10.1. The number of amides is 2. The highest BCUT2D eigenvalue weighted by molar-refractivity contribution is 5.90. The number of fused-ring (bicyclic) bond motifs is 1. The highest BCUT2D eigenvalue weighted by atomic mass is 16.6. The number of unbranched alkanes of at least 4 members (excludes halogenated alkanes) is 2. The lowest BCUT2D eigenvalue weighted by atomic mass is 10.1. The molecule has 13 nitrogen and oxygen atoms in total. The molecule has 0 aliphatic heterocycles. The van der Waals surface area contributed by atoms with Crippen molar-refractivity contribution < 1.29 is 23.9 Å². The van der Waals surface area contributed by atoms with E-state index in [1.54, 1.807) is 32.9 Å². The third-order valence-electron chi connectivity index (χ3n) is 5.68. The Morgan fingerprint density at radius 1 is 0.850 bits per heavy atom. The zero-order valence-electron chi connectivity index (χ0n) is 23.1. The zero-order valence-corrected chi connectivity index (χ0v) is 23.1. The summed E-state index contributed by atoms with van der Waals surface area (Å²) in [7, 11) is 0. The summed E-state index contributed by atoms with van der Waals surface area (Å²) in [6, 6.07) is 10.9. The maximum Gasteiger partial charge on any atom is 0.408 e. The Hall–Kier alpha value is -4.47. The first-order chi connectivity index (χ1) is 19.1. The van der Waals surface area contributed by atoms with Crippen LogP contribution in [0.15, 0.2) is 52.7 Å². The molecule has 2 aromatic carbocycles. The molecule has 0 saturated carbocycles. The van der Waals surface area contributed by atoms with Crippen LogP contribution in [0.4, 0.5) is 4.79 Å². The Morgan fingerprint density at radius 3 is 2.05 bits per heavy atom. The molecule has 0 aliphatic rings. The highest BCUT2D eigenvalue weighted by Crippen LogP contribution is 2.21. The first kappa shape index (κ1) is 31.7. The van der Waals surface area contributed by atoms with E-state index < -0.39 is 35.7 Å². The topological polar surface area (TPSA) is 191 Å². The van der Waals surface area contributed by atoms with Crippen LogP contribution in [0.5, 0.6) is 5.75 Å². The van der Waals surface area contributed by atoms with E-state index in [0.29, 0.717) is 31.4 Å². The van der Waals surface area contributed by atoms with Gasteiger partial charge in [-0.25, -0.2) is 9.59 Å². The summed E-state index contributed by atoms with van der Waals surface area (Å²) in [5.41, 5.74) is 16.2. The number of benzene rings is 2. The molecule has 2 aromatic rings. The average molecular weight is 553 g/mol. The fourth-order valence-corrected chi connectivity index (χ4v) is 3.81. The minimum Gasteiger partial charge on any atom is -0.444 e. The highest BCUT2D eigenvalue weighted by Gasteiger charge is 2.29. The number of nitrogens with zero attached hydrogens (tertiary/aromatic N) is 6. The largest absolute Gasteiger partial charge is 0.444 e. The van der Waals surface area contributed by atoms with Gasteiger partial charge in [-0.15, -0.1) is 0 Å². The van der Waals surface area contributed by atoms with Crippen molar-refractivity contribution in [1.82, 2.24) is 10.6 Å². The summed E-state index contributed by atoms with van der Waals surface area (Å²) in [6.45, 7) is 5.62. The summed E-state index contributed by atoms with van der Waals surface area (Å²) >= 11 is 0. The van der Waals surface area contributed by atoms with Crippen LogP contribution in [0.1, 0.15) is 59.3 Å². The first-order valence-electron chi connectivity index (χ1n) is 13.1. The molecule has 0 spiro atoms. The fourth-order valence-electron chi connectivity index (χ4n) is 3.81. The van der Waals surface area contributed by atoms with Crippen LogP contribution >= 0.6 is 0 Å². The second-order valence-electron chi connectivity index (χ2n) is 10.1. The first-order valence-corrected chi connectivity index (χ1v) is 13.1. The molecule has 0 aromatic heterocycles. The Balaban J connectivity index is 2.16. The fraction of sp³-hybridized carbons (Fsp3) is 0.519. The summed E-state index contributed by atoms with van der Waals surface area (Å²) in [5, 5.41) is 14.2. The quantitative estimate of drug-likeness (QED) is 0.0673. The van der Waals surface area contributed by atoms with Crippen molar-refractivity contribution in [3.63, 3.8) is 0 Å². The van der Waals surface area contributed by atoms with Crippen LogP contribution in [0, 0.1) is 0 Å². The molecule has 2 N–H and O–H groups in total. The van der Waals surface area contributed by atoms with Crippen LogP contribution in [0.2, 0.25) is 0 Å². The molecule has 13 heteroatoms. The molecule has 0 fully saturated rings. The molecule has 0 heterocycles. The molecule has 2 rings (SSSR count). The Kier molecular flexibility index (Phi) is 13.1. The lowest BCUT2D eigenvalue weighted by Gasteiger charge is -2.25. The third-order valence-corrected chi connectivity index (χ3v) is 5.68. The normalized spacial score (nSPS) is 12.3. The number of nitrogens with one attached hydrogen (secondary N) is 2. The van der Waals surface area contributed by atoms with E-state index in [2.05, 4.69) is 30.7 Å². The van der Waals surface area contributed by atoms with Crippen LogP contribution in [-0.4, -0.2) is 48.7 Å². The summed E-state index contributed by atoms with van der Waals surface area (Å²) < 4.78 is 10.9. The van der Waals surface area contributed by atoms with Crippen molar-refractivity contribution in [3.05, 3.63) is 63.4 Å². The third kappa shape index (κ3) is 11.9. The predicted octanol–water partition coefficient (Wildman–Crippen LogP) is 6.08. The van der Waals surface area contributed by atoms with Gasteiger partial charge in [0.2, 0.25) is 5.91 Å². The van der Waals surface area contributed by atoms with Gasteiger partial charge in [-0.2, -0.15) is 0 Å². The molecular weight excluding hydrogens is 516 g/mol. The van der Waals surface area contributed by atoms with Crippen molar-refractivity contribution in [2.45, 2.75) is 77.0 Å². The van der Waals surface area contributed by atoms with Gasteiger partial charge in [0, 0.05) is 22.9 Å². The van der Waals surface area contributed by atoms with Crippen LogP contribution < -0.4 is 15.4 Å². The maximum absolute atomic E-state index is 13.3. The Bertz CT molecular complexity index is 1250. The van der Waals surface area contributed by atoms with Gasteiger partial charge in [-0.1, -0.05) is 53.4 Å². The molecule has 214 valence electrons. The molecule has 2 amide bonds. The Morgan fingerprint density at radius 2 is 1.45 bits per heavy atom. The van der Waals surface area contributed by atoms with E-state index in [-0.39, 0.29) is 25.9 Å². The van der Waals surface area contributed by atoms with E-state index in [4.69, 9.17) is 20.5 Å². The number of esters is 1. The SMILES string of the molecule is CC(C)(C)OC(=O)N[C@@H](CCCCN=[N+]=[N-])C(=O)N[C@@H](CCCCN=[N+]=[N-])C(=O)Oc1ccc2ccccc2c1. The van der Waals surface area contributed by atoms with E-state index in [1.807, 2.05) is 30.3 Å². The zero-order chi connectivity index (χ0) is 29.4. The van der Waals surface area contributed by atoms with Gasteiger partial charge in [0.15, 0.2) is 0 Å². The maximum atomic E-state index is 13.3. The van der Waals surface area contributed by atoms with Crippen molar-refractivity contribution in [2.75, 3.05) is 13.1 Å². The van der Waals surface area contributed by atoms with E-state index in [0.717, 1.165) is 10.8 Å². The van der Waals surface area contributed by atoms with Crippen molar-refractivity contribution in [1.29, 1.82) is 0 Å². The number of alkyl carbamates (subject to hydrolysis) is 1. The van der Waals surface area contributed by atoms with Gasteiger partial charge >= 0.3 is 12.1 Å². The van der Waals surface area contributed by atoms with E-state index >= 15 is 0 Å². The average Bonchev–Trinajstić information content (AvgIpc) is 2.90. The molecule has 0 bridgehead atoms. The summed E-state index contributed by atoms with van der Waals surface area (Å²) in [5.74, 6) is -0.907. The van der Waals surface area contributed by atoms with Gasteiger partial charge in [-0.3, -0.25) is 4.79 Å². The van der Waals surface area contributed by atoms with Crippen molar-refractivity contribution >= 4 is 28.7 Å². The van der Waals surface area contributed by atoms with Gasteiger partial charge < -0.3 is 20.1 Å². The Labute approximate surface area is 232 Å². The number of ether oxygens (including phenoxy) is 2. The molecule has 0 aliphatic carbocycles. The molecule has 0 radical (unpaired) electrons. The standard InChI is InChI=1S/C27H36N8O5/c1-27(2,3)40-26(38)33-22(12-6-8-16-30-34-28)24(36)32-23(13-7-9-17-31-35-29)25(37)39-21-15-14-19-10-4-5-11-20(19)18-21/h4-5,10-11,14-15,18,22-23H,6-9,12-13,16-17H2,1-3H3,(H,32,36)(H,33,38)/t22-,23-/m0/s1. The molecule has 40 heavy (non-hydrogen) atoms. The summed E-state index contributed by atoms with van der Waals surface area (Å²) in [4.78, 5) is 44.4. The number of carbonyl (C=O) groups excluding carboxylic acids is 3. The molecule has 0 saturated heterocycles. The van der Waals surface area contributed by atoms with Crippen LogP contribution in [-0.2, 0) is 14.3 Å². The van der Waals surface area contributed by atoms with Gasteiger partial charge in [0.1, 0.15) is 23.4 Å². The predicted molar refractivity (Wildman–Crippen MR) is 150 cm³/mol. The van der Waals surface area contributed by atoms with Gasteiger partial charge in [0.25, 0.3) is 0 Å². The number of hydrogen-bond acceptors (Lipinski definition) is 7. The van der Waals surface area contributed by atoms with E-state index in [1.165, 1.54) is 0 Å². The number of carbonyl (C=O) groups is 3. The molecule has 0 unspecified atom stereocenters. The van der Waals surface area contributed by atoms with Crippen LogP contribution in [0.25, 0.3) is 31.7 Å². The number of hydrogen-bond donors (Lipinski definition) is 2. The summed E-state index contributed by atoms with van der Waals surface area (Å²) in [6.07, 6.45) is 1.67. The number of rotatable bonds is 15. The van der Waals surface area contributed by atoms with Gasteiger partial charge in [0.05, 0.1) is 0 Å². The lowest BCUT2D eigenvalue weighted by Crippen LogP contribution is -2.53. The van der Waals surface area contributed by atoms with Crippen LogP contribution in [0.3, 0.4) is 0 Å². The van der Waals surface area contributed by atoms with Crippen molar-refractivity contribution in [3.8, 4) is 5.75 Å². The van der Waals surface area contributed by atoms with E-state index in [9.17, 15) is 14.4 Å². The molecular formula is C27H36N8O5. The minimum atomic E-state index is -1.02. The lowest BCUT2D eigenvalue weighted by molar-refractivity contribution is -0.140. The van der Waals surface area contributed by atoms with Gasteiger partial charge in [-0.05, 0) is 80.4 Å².